The van der Waals surface area contributed by atoms with Crippen molar-refractivity contribution in [1.29, 1.82) is 0 Å². The second kappa shape index (κ2) is 8.31. The van der Waals surface area contributed by atoms with Crippen molar-refractivity contribution in [1.82, 2.24) is 9.80 Å². The van der Waals surface area contributed by atoms with E-state index in [-0.39, 0.29) is 5.91 Å². The van der Waals surface area contributed by atoms with Crippen molar-refractivity contribution in [2.24, 2.45) is 0 Å². The maximum absolute atomic E-state index is 11.4. The summed E-state index contributed by atoms with van der Waals surface area (Å²) in [5.41, 5.74) is 1.08. The number of carbonyl (C=O) groups excluding carboxylic acids is 1. The van der Waals surface area contributed by atoms with Crippen LogP contribution in [0.2, 0.25) is 0 Å². The van der Waals surface area contributed by atoms with Gasteiger partial charge in [-0.25, -0.2) is 0 Å². The van der Waals surface area contributed by atoms with Crippen molar-refractivity contribution in [2.75, 3.05) is 33.3 Å². The number of benzene rings is 1. The van der Waals surface area contributed by atoms with Gasteiger partial charge >= 0.3 is 0 Å². The standard InChI is InChI=1S/C18H28N2O3/c1-14-6-4-5-7-18(14)23-13-17(22)12-20-10-8-16(9-11-20)19(3)15(2)21/h4-7,16-17,22H,8-13H2,1-3H3. The normalized spacial score (nSPS) is 17.7. The van der Waals surface area contributed by atoms with Gasteiger partial charge in [0.2, 0.25) is 5.91 Å². The number of para-hydroxylation sites is 1. The molecule has 5 heteroatoms. The first-order valence-corrected chi connectivity index (χ1v) is 8.29. The molecule has 23 heavy (non-hydrogen) atoms. The van der Waals surface area contributed by atoms with E-state index >= 15 is 0 Å². The molecule has 0 bridgehead atoms. The number of hydrogen-bond acceptors (Lipinski definition) is 4. The second-order valence-electron chi connectivity index (χ2n) is 6.39. The van der Waals surface area contributed by atoms with Gasteiger partial charge in [0, 0.05) is 39.6 Å². The number of β-amino-alcohol motifs (C(OH)–C–C–N with tert-alkyl or cyclic N) is 1. The van der Waals surface area contributed by atoms with Crippen LogP contribution in [0.5, 0.6) is 5.75 Å². The molecule has 1 aliphatic rings. The lowest BCUT2D eigenvalue weighted by atomic mass is 10.0. The minimum absolute atomic E-state index is 0.120. The zero-order valence-electron chi connectivity index (χ0n) is 14.4. The highest BCUT2D eigenvalue weighted by molar-refractivity contribution is 5.73. The number of aryl methyl sites for hydroxylation is 1. The zero-order chi connectivity index (χ0) is 16.8. The second-order valence-corrected chi connectivity index (χ2v) is 6.39. The summed E-state index contributed by atoms with van der Waals surface area (Å²) in [7, 11) is 1.87. The SMILES string of the molecule is CC(=O)N(C)C1CCN(CC(O)COc2ccccc2C)CC1. The van der Waals surface area contributed by atoms with Crippen molar-refractivity contribution in [3.8, 4) is 5.75 Å². The molecule has 1 aromatic rings. The van der Waals surface area contributed by atoms with Crippen molar-refractivity contribution < 1.29 is 14.6 Å². The molecule has 1 unspecified atom stereocenters. The maximum Gasteiger partial charge on any atom is 0.219 e. The Bertz CT molecular complexity index is 513. The molecule has 1 aliphatic heterocycles. The average Bonchev–Trinajstić information content (AvgIpc) is 2.54. The van der Waals surface area contributed by atoms with E-state index in [0.717, 1.165) is 37.2 Å². The summed E-state index contributed by atoms with van der Waals surface area (Å²) in [5, 5.41) is 10.2. The number of aliphatic hydroxyl groups is 1. The van der Waals surface area contributed by atoms with Crippen molar-refractivity contribution in [3.05, 3.63) is 29.8 Å². The highest BCUT2D eigenvalue weighted by Gasteiger charge is 2.24. The maximum atomic E-state index is 11.4. The van der Waals surface area contributed by atoms with Gasteiger partial charge < -0.3 is 19.6 Å². The predicted molar refractivity (Wildman–Crippen MR) is 90.6 cm³/mol. The van der Waals surface area contributed by atoms with Gasteiger partial charge in [-0.05, 0) is 31.4 Å². The molecule has 1 heterocycles. The molecule has 1 aromatic carbocycles. The first-order chi connectivity index (χ1) is 11.0. The molecule has 0 spiro atoms. The summed E-state index contributed by atoms with van der Waals surface area (Å²) < 4.78 is 5.70. The quantitative estimate of drug-likeness (QED) is 0.866. The third kappa shape index (κ3) is 5.22. The number of ether oxygens (including phenoxy) is 1. The summed E-state index contributed by atoms with van der Waals surface area (Å²) in [5.74, 6) is 0.948. The van der Waals surface area contributed by atoms with E-state index in [1.165, 1.54) is 0 Å². The van der Waals surface area contributed by atoms with Crippen LogP contribution in [0, 0.1) is 6.92 Å². The molecule has 0 radical (unpaired) electrons. The monoisotopic (exact) mass is 320 g/mol. The summed E-state index contributed by atoms with van der Waals surface area (Å²) >= 11 is 0. The van der Waals surface area contributed by atoms with Crippen LogP contribution in [0.1, 0.15) is 25.3 Å². The van der Waals surface area contributed by atoms with Gasteiger partial charge in [0.25, 0.3) is 0 Å². The summed E-state index contributed by atoms with van der Waals surface area (Å²) in [6.07, 6.45) is 1.42. The van der Waals surface area contributed by atoms with E-state index < -0.39 is 6.10 Å². The lowest BCUT2D eigenvalue weighted by Crippen LogP contribution is -2.47. The minimum Gasteiger partial charge on any atom is -0.491 e. The molecule has 1 fully saturated rings. The zero-order valence-corrected chi connectivity index (χ0v) is 14.4. The molecule has 128 valence electrons. The van der Waals surface area contributed by atoms with Gasteiger partial charge in [-0.1, -0.05) is 18.2 Å². The summed E-state index contributed by atoms with van der Waals surface area (Å²) in [4.78, 5) is 15.5. The first-order valence-electron chi connectivity index (χ1n) is 8.29. The van der Waals surface area contributed by atoms with E-state index in [1.807, 2.05) is 43.1 Å². The van der Waals surface area contributed by atoms with Crippen LogP contribution >= 0.6 is 0 Å². The molecule has 1 saturated heterocycles. The lowest BCUT2D eigenvalue weighted by Gasteiger charge is -2.37. The molecule has 5 nitrogen and oxygen atoms in total. The number of likely N-dealkylation sites (tertiary alicyclic amines) is 1. The van der Waals surface area contributed by atoms with Gasteiger partial charge in [0.1, 0.15) is 18.5 Å². The van der Waals surface area contributed by atoms with E-state index in [1.54, 1.807) is 6.92 Å². The number of nitrogens with zero attached hydrogens (tertiary/aromatic N) is 2. The van der Waals surface area contributed by atoms with Crippen LogP contribution in [0.4, 0.5) is 0 Å². The molecular weight excluding hydrogens is 292 g/mol. The minimum atomic E-state index is -0.503. The molecule has 0 aliphatic carbocycles. The Morgan fingerprint density at radius 1 is 1.39 bits per heavy atom. The number of carbonyl (C=O) groups is 1. The van der Waals surface area contributed by atoms with Gasteiger partial charge in [0.05, 0.1) is 0 Å². The van der Waals surface area contributed by atoms with Crippen molar-refractivity contribution >= 4 is 5.91 Å². The van der Waals surface area contributed by atoms with E-state index in [2.05, 4.69) is 4.90 Å². The third-order valence-corrected chi connectivity index (χ3v) is 4.60. The molecule has 2 rings (SSSR count). The van der Waals surface area contributed by atoms with E-state index in [4.69, 9.17) is 4.74 Å². The van der Waals surface area contributed by atoms with E-state index in [9.17, 15) is 9.90 Å². The third-order valence-electron chi connectivity index (χ3n) is 4.60. The smallest absolute Gasteiger partial charge is 0.219 e. The summed E-state index contributed by atoms with van der Waals surface area (Å²) in [6.45, 7) is 6.34. The van der Waals surface area contributed by atoms with Crippen LogP contribution in [0.25, 0.3) is 0 Å². The fourth-order valence-corrected chi connectivity index (χ4v) is 3.00. The highest BCUT2D eigenvalue weighted by Crippen LogP contribution is 2.18. The number of hydrogen-bond donors (Lipinski definition) is 1. The Kier molecular flexibility index (Phi) is 6.42. The Labute approximate surface area is 138 Å². The molecule has 0 aromatic heterocycles. The number of aliphatic hydroxyl groups excluding tert-OH is 1. The fourth-order valence-electron chi connectivity index (χ4n) is 3.00. The topological polar surface area (TPSA) is 53.0 Å². The number of amides is 1. The van der Waals surface area contributed by atoms with Crippen LogP contribution in [-0.4, -0.2) is 66.2 Å². The highest BCUT2D eigenvalue weighted by atomic mass is 16.5. The van der Waals surface area contributed by atoms with Crippen molar-refractivity contribution in [3.63, 3.8) is 0 Å². The van der Waals surface area contributed by atoms with Gasteiger partial charge in [-0.2, -0.15) is 0 Å². The van der Waals surface area contributed by atoms with Crippen LogP contribution < -0.4 is 4.74 Å². The number of rotatable bonds is 6. The first kappa shape index (κ1) is 17.8. The Morgan fingerprint density at radius 3 is 2.65 bits per heavy atom. The number of piperidine rings is 1. The largest absolute Gasteiger partial charge is 0.491 e. The Balaban J connectivity index is 1.71. The fraction of sp³-hybridized carbons (Fsp3) is 0.611. The summed E-state index contributed by atoms with van der Waals surface area (Å²) in [6, 6.07) is 8.15. The predicted octanol–water partition coefficient (Wildman–Crippen LogP) is 1.68. The van der Waals surface area contributed by atoms with Crippen LogP contribution in [-0.2, 0) is 4.79 Å². The van der Waals surface area contributed by atoms with E-state index in [0.29, 0.717) is 19.2 Å². The van der Waals surface area contributed by atoms with Crippen LogP contribution in [0.3, 0.4) is 0 Å². The average molecular weight is 320 g/mol. The molecule has 1 atom stereocenters. The molecule has 0 saturated carbocycles. The molecular formula is C18H28N2O3. The Morgan fingerprint density at radius 2 is 2.04 bits per heavy atom. The molecule has 1 amide bonds. The van der Waals surface area contributed by atoms with Crippen molar-refractivity contribution in [2.45, 2.75) is 38.8 Å². The van der Waals surface area contributed by atoms with Gasteiger partial charge in [0.15, 0.2) is 0 Å². The van der Waals surface area contributed by atoms with Gasteiger partial charge in [-0.3, -0.25) is 4.79 Å². The Hall–Kier alpha value is -1.59. The molecule has 1 N–H and O–H groups in total. The van der Waals surface area contributed by atoms with Gasteiger partial charge in [-0.15, -0.1) is 0 Å². The lowest BCUT2D eigenvalue weighted by molar-refractivity contribution is -0.130. The van der Waals surface area contributed by atoms with Crippen LogP contribution in [0.15, 0.2) is 24.3 Å².